The molecule has 0 saturated carbocycles. The van der Waals surface area contributed by atoms with Gasteiger partial charge in [-0.05, 0) is 30.5 Å². The smallest absolute Gasteiger partial charge is 0.205 e. The molecule has 0 aliphatic carbocycles. The Morgan fingerprint density at radius 3 is 2.75 bits per heavy atom. The molecule has 0 radical (unpaired) electrons. The summed E-state index contributed by atoms with van der Waals surface area (Å²) in [5.41, 5.74) is 1.94. The summed E-state index contributed by atoms with van der Waals surface area (Å²) in [6.45, 7) is 2.33. The minimum Gasteiger partial charge on any atom is -0.384 e. The maximum absolute atomic E-state index is 13.3. The Balaban J connectivity index is 1.59. The van der Waals surface area contributed by atoms with Crippen molar-refractivity contribution in [2.24, 2.45) is 0 Å². The van der Waals surface area contributed by atoms with Crippen LogP contribution in [0.5, 0.6) is 0 Å². The standard InChI is InChI=1S/C17H19F2N3OS/c1-23-9-6-16-20-17(24-21-16)22-7-4-12(5-8-22)10-13-2-3-14(18)15(19)11-13/h2-3,10-11H,4-9H2,1H3. The van der Waals surface area contributed by atoms with Crippen LogP contribution in [-0.2, 0) is 11.2 Å². The van der Waals surface area contributed by atoms with Crippen molar-refractivity contribution >= 4 is 22.7 Å². The molecule has 4 nitrogen and oxygen atoms in total. The lowest BCUT2D eigenvalue weighted by Crippen LogP contribution is -2.30. The molecule has 1 saturated heterocycles. The van der Waals surface area contributed by atoms with E-state index in [4.69, 9.17) is 4.74 Å². The van der Waals surface area contributed by atoms with Crippen molar-refractivity contribution in [3.63, 3.8) is 0 Å². The van der Waals surface area contributed by atoms with Crippen molar-refractivity contribution < 1.29 is 13.5 Å². The minimum absolute atomic E-state index is 0.622. The predicted octanol–water partition coefficient (Wildman–Crippen LogP) is 3.69. The summed E-state index contributed by atoms with van der Waals surface area (Å²) >= 11 is 1.41. The highest BCUT2D eigenvalue weighted by Crippen LogP contribution is 2.26. The van der Waals surface area contributed by atoms with Crippen molar-refractivity contribution in [1.29, 1.82) is 0 Å². The van der Waals surface area contributed by atoms with Gasteiger partial charge >= 0.3 is 0 Å². The minimum atomic E-state index is -0.812. The van der Waals surface area contributed by atoms with Crippen molar-refractivity contribution in [1.82, 2.24) is 9.36 Å². The van der Waals surface area contributed by atoms with Crippen LogP contribution in [0, 0.1) is 11.6 Å². The van der Waals surface area contributed by atoms with E-state index in [0.29, 0.717) is 12.2 Å². The predicted molar refractivity (Wildman–Crippen MR) is 91.3 cm³/mol. The fourth-order valence-corrected chi connectivity index (χ4v) is 3.40. The van der Waals surface area contributed by atoms with E-state index in [2.05, 4.69) is 14.3 Å². The van der Waals surface area contributed by atoms with Gasteiger partial charge in [0, 0.05) is 38.2 Å². The van der Waals surface area contributed by atoms with E-state index in [9.17, 15) is 8.78 Å². The van der Waals surface area contributed by atoms with Crippen LogP contribution in [-0.4, -0.2) is 36.2 Å². The molecule has 3 rings (SSSR count). The zero-order valence-electron chi connectivity index (χ0n) is 13.5. The van der Waals surface area contributed by atoms with Gasteiger partial charge < -0.3 is 9.64 Å². The van der Waals surface area contributed by atoms with Gasteiger partial charge in [-0.25, -0.2) is 13.8 Å². The Kier molecular flexibility index (Phi) is 5.52. The van der Waals surface area contributed by atoms with Gasteiger partial charge in [-0.15, -0.1) is 0 Å². The molecule has 1 aromatic heterocycles. The van der Waals surface area contributed by atoms with Crippen LogP contribution < -0.4 is 4.90 Å². The summed E-state index contributed by atoms with van der Waals surface area (Å²) in [6.07, 6.45) is 4.43. The van der Waals surface area contributed by atoms with Crippen LogP contribution in [0.4, 0.5) is 13.9 Å². The lowest BCUT2D eigenvalue weighted by Gasteiger charge is -2.27. The van der Waals surface area contributed by atoms with Gasteiger partial charge in [-0.3, -0.25) is 0 Å². The van der Waals surface area contributed by atoms with Crippen LogP contribution >= 0.6 is 11.5 Å². The molecule has 128 valence electrons. The summed E-state index contributed by atoms with van der Waals surface area (Å²) in [4.78, 5) is 6.76. The van der Waals surface area contributed by atoms with E-state index < -0.39 is 11.6 Å². The Labute approximate surface area is 144 Å². The van der Waals surface area contributed by atoms with Gasteiger partial charge in [0.1, 0.15) is 5.82 Å². The molecule has 0 amide bonds. The molecule has 7 heteroatoms. The SMILES string of the molecule is COCCc1nsc(N2CCC(=Cc3ccc(F)c(F)c3)CC2)n1. The second-order valence-electron chi connectivity index (χ2n) is 5.70. The van der Waals surface area contributed by atoms with E-state index in [1.807, 2.05) is 6.08 Å². The highest BCUT2D eigenvalue weighted by molar-refractivity contribution is 7.09. The molecule has 0 atom stereocenters. The van der Waals surface area contributed by atoms with E-state index in [1.54, 1.807) is 13.2 Å². The van der Waals surface area contributed by atoms with Crippen molar-refractivity contribution in [2.45, 2.75) is 19.3 Å². The molecule has 1 fully saturated rings. The fourth-order valence-electron chi connectivity index (χ4n) is 2.64. The first-order valence-corrected chi connectivity index (χ1v) is 8.64. The number of ether oxygens (including phenoxy) is 1. The van der Waals surface area contributed by atoms with Gasteiger partial charge in [-0.2, -0.15) is 4.37 Å². The molecule has 24 heavy (non-hydrogen) atoms. The van der Waals surface area contributed by atoms with Gasteiger partial charge in [0.05, 0.1) is 6.61 Å². The number of anilines is 1. The number of hydrogen-bond acceptors (Lipinski definition) is 5. The average molecular weight is 351 g/mol. The molecule has 1 aliphatic heterocycles. The monoisotopic (exact) mass is 351 g/mol. The molecule has 0 bridgehead atoms. The van der Waals surface area contributed by atoms with Gasteiger partial charge in [0.15, 0.2) is 11.6 Å². The third kappa shape index (κ3) is 4.15. The second-order valence-corrected chi connectivity index (χ2v) is 6.43. The lowest BCUT2D eigenvalue weighted by atomic mass is 10.0. The number of benzene rings is 1. The number of aromatic nitrogens is 2. The van der Waals surface area contributed by atoms with E-state index >= 15 is 0 Å². The molecular formula is C17H19F2N3OS. The Morgan fingerprint density at radius 2 is 2.04 bits per heavy atom. The summed E-state index contributed by atoms with van der Waals surface area (Å²) in [5.74, 6) is -0.799. The number of halogens is 2. The first-order valence-electron chi connectivity index (χ1n) is 7.86. The lowest BCUT2D eigenvalue weighted by molar-refractivity contribution is 0.201. The third-order valence-electron chi connectivity index (χ3n) is 3.98. The van der Waals surface area contributed by atoms with Crippen molar-refractivity contribution in [2.75, 3.05) is 31.7 Å². The number of methoxy groups -OCH3 is 1. The fraction of sp³-hybridized carbons (Fsp3) is 0.412. The van der Waals surface area contributed by atoms with Crippen LogP contribution in [0.2, 0.25) is 0 Å². The summed E-state index contributed by atoms with van der Waals surface area (Å²) in [7, 11) is 1.67. The summed E-state index contributed by atoms with van der Waals surface area (Å²) in [5, 5.41) is 0.938. The molecule has 2 aromatic rings. The van der Waals surface area contributed by atoms with Crippen LogP contribution in [0.3, 0.4) is 0 Å². The zero-order chi connectivity index (χ0) is 16.9. The summed E-state index contributed by atoms with van der Waals surface area (Å²) in [6, 6.07) is 4.01. The van der Waals surface area contributed by atoms with Crippen LogP contribution in [0.1, 0.15) is 24.2 Å². The Morgan fingerprint density at radius 1 is 1.25 bits per heavy atom. The average Bonchev–Trinajstić information content (AvgIpc) is 3.06. The zero-order valence-corrected chi connectivity index (χ0v) is 14.3. The first-order chi connectivity index (χ1) is 11.7. The largest absolute Gasteiger partial charge is 0.384 e. The van der Waals surface area contributed by atoms with Crippen LogP contribution in [0.25, 0.3) is 6.08 Å². The molecule has 0 unspecified atom stereocenters. The number of nitrogens with zero attached hydrogens (tertiary/aromatic N) is 3. The molecular weight excluding hydrogens is 332 g/mol. The topological polar surface area (TPSA) is 38.2 Å². The van der Waals surface area contributed by atoms with Gasteiger partial charge in [-0.1, -0.05) is 17.7 Å². The van der Waals surface area contributed by atoms with Gasteiger partial charge in [0.2, 0.25) is 5.13 Å². The highest BCUT2D eigenvalue weighted by Gasteiger charge is 2.18. The van der Waals surface area contributed by atoms with Crippen molar-refractivity contribution in [3.8, 4) is 0 Å². The van der Waals surface area contributed by atoms with Crippen molar-refractivity contribution in [3.05, 3.63) is 46.8 Å². The third-order valence-corrected chi connectivity index (χ3v) is 4.79. The number of rotatable bonds is 5. The molecule has 0 N–H and O–H groups in total. The van der Waals surface area contributed by atoms with Gasteiger partial charge in [0.25, 0.3) is 0 Å². The first kappa shape index (κ1) is 17.0. The molecule has 1 aromatic carbocycles. The quantitative estimate of drug-likeness (QED) is 0.823. The number of hydrogen-bond donors (Lipinski definition) is 0. The molecule has 0 spiro atoms. The maximum atomic E-state index is 13.3. The second kappa shape index (κ2) is 7.81. The maximum Gasteiger partial charge on any atom is 0.205 e. The molecule has 1 aliphatic rings. The Bertz CT molecular complexity index is 722. The van der Waals surface area contributed by atoms with E-state index in [1.165, 1.54) is 29.2 Å². The number of piperidine rings is 1. The van der Waals surface area contributed by atoms with E-state index in [0.717, 1.165) is 43.3 Å². The summed E-state index contributed by atoms with van der Waals surface area (Å²) < 4.78 is 35.6. The highest BCUT2D eigenvalue weighted by atomic mass is 32.1. The van der Waals surface area contributed by atoms with Crippen LogP contribution in [0.15, 0.2) is 23.8 Å². The van der Waals surface area contributed by atoms with E-state index in [-0.39, 0.29) is 0 Å². The molecule has 2 heterocycles. The Hall–Kier alpha value is -1.86. The normalized spacial score (nSPS) is 15.0.